The summed E-state index contributed by atoms with van der Waals surface area (Å²) in [5.74, 6) is 2.22. The molecule has 1 saturated heterocycles. The molecule has 0 saturated carbocycles. The van der Waals surface area contributed by atoms with Crippen molar-refractivity contribution < 1.29 is 14.2 Å². The molecule has 0 aliphatic carbocycles. The van der Waals surface area contributed by atoms with E-state index in [-0.39, 0.29) is 6.79 Å². The highest BCUT2D eigenvalue weighted by molar-refractivity contribution is 5.55. The number of fused-ring (bicyclic) bond motifs is 1. The fraction of sp³-hybridized carbons (Fsp3) is 0.538. The van der Waals surface area contributed by atoms with Gasteiger partial charge in [-0.2, -0.15) is 0 Å². The van der Waals surface area contributed by atoms with Crippen LogP contribution in [0.4, 0.5) is 0 Å². The maximum atomic E-state index is 5.91. The predicted molar refractivity (Wildman–Crippen MR) is 67.0 cm³/mol. The number of benzene rings is 1. The van der Waals surface area contributed by atoms with Gasteiger partial charge in [-0.15, -0.1) is 0 Å². The molecular formula is C13H18N2O3. The van der Waals surface area contributed by atoms with E-state index in [0.29, 0.717) is 11.8 Å². The standard InChI is InChI=1S/C13H18N2O3/c1-16-11-4-9(5-12-13(11)18-8-17-12)6-15-3-2-10(14)7-15/h4-5,10H,2-3,6-8,14H2,1H3. The van der Waals surface area contributed by atoms with Crippen molar-refractivity contribution in [2.24, 2.45) is 5.73 Å². The van der Waals surface area contributed by atoms with Gasteiger partial charge in [-0.25, -0.2) is 0 Å². The molecule has 0 bridgehead atoms. The van der Waals surface area contributed by atoms with E-state index in [0.717, 1.165) is 37.6 Å². The van der Waals surface area contributed by atoms with Crippen LogP contribution >= 0.6 is 0 Å². The maximum Gasteiger partial charge on any atom is 0.231 e. The molecular weight excluding hydrogens is 232 g/mol. The van der Waals surface area contributed by atoms with E-state index in [1.807, 2.05) is 12.1 Å². The normalized spacial score (nSPS) is 22.4. The zero-order valence-corrected chi connectivity index (χ0v) is 10.5. The largest absolute Gasteiger partial charge is 0.493 e. The fourth-order valence-electron chi connectivity index (χ4n) is 2.54. The Balaban J connectivity index is 1.80. The Kier molecular flexibility index (Phi) is 3.01. The van der Waals surface area contributed by atoms with Crippen LogP contribution in [-0.2, 0) is 6.54 Å². The summed E-state index contributed by atoms with van der Waals surface area (Å²) in [7, 11) is 1.65. The second-order valence-corrected chi connectivity index (χ2v) is 4.82. The molecule has 1 unspecified atom stereocenters. The SMILES string of the molecule is COc1cc(CN2CCC(N)C2)cc2c1OCO2. The summed E-state index contributed by atoms with van der Waals surface area (Å²) in [4.78, 5) is 2.35. The van der Waals surface area contributed by atoms with Crippen molar-refractivity contribution in [3.63, 3.8) is 0 Å². The molecule has 1 atom stereocenters. The van der Waals surface area contributed by atoms with E-state index < -0.39 is 0 Å². The van der Waals surface area contributed by atoms with E-state index >= 15 is 0 Å². The molecule has 3 rings (SSSR count). The molecule has 0 amide bonds. The maximum absolute atomic E-state index is 5.91. The molecule has 5 heteroatoms. The number of nitrogens with two attached hydrogens (primary N) is 1. The van der Waals surface area contributed by atoms with Gasteiger partial charge in [-0.1, -0.05) is 0 Å². The van der Waals surface area contributed by atoms with Crippen molar-refractivity contribution in [2.45, 2.75) is 19.0 Å². The average molecular weight is 250 g/mol. The third kappa shape index (κ3) is 2.11. The first-order chi connectivity index (χ1) is 8.76. The molecule has 0 aromatic heterocycles. The van der Waals surface area contributed by atoms with Crippen molar-refractivity contribution in [3.05, 3.63) is 17.7 Å². The second-order valence-electron chi connectivity index (χ2n) is 4.82. The van der Waals surface area contributed by atoms with Gasteiger partial charge in [0, 0.05) is 25.7 Å². The van der Waals surface area contributed by atoms with Crippen molar-refractivity contribution >= 4 is 0 Å². The first kappa shape index (κ1) is 11.6. The van der Waals surface area contributed by atoms with E-state index in [9.17, 15) is 0 Å². The summed E-state index contributed by atoms with van der Waals surface area (Å²) in [5, 5.41) is 0. The van der Waals surface area contributed by atoms with Crippen molar-refractivity contribution in [3.8, 4) is 17.2 Å². The number of methoxy groups -OCH3 is 1. The van der Waals surface area contributed by atoms with Gasteiger partial charge in [0.25, 0.3) is 0 Å². The van der Waals surface area contributed by atoms with Crippen molar-refractivity contribution in [1.82, 2.24) is 4.90 Å². The lowest BCUT2D eigenvalue weighted by atomic mass is 10.1. The van der Waals surface area contributed by atoms with Gasteiger partial charge in [-0.3, -0.25) is 4.90 Å². The molecule has 0 radical (unpaired) electrons. The monoisotopic (exact) mass is 250 g/mol. The Morgan fingerprint density at radius 3 is 3.06 bits per heavy atom. The van der Waals surface area contributed by atoms with E-state index in [2.05, 4.69) is 4.90 Å². The fourth-order valence-corrected chi connectivity index (χ4v) is 2.54. The lowest BCUT2D eigenvalue weighted by molar-refractivity contribution is 0.171. The van der Waals surface area contributed by atoms with Crippen molar-refractivity contribution in [2.75, 3.05) is 27.0 Å². The number of rotatable bonds is 3. The predicted octanol–water partition coefficient (Wildman–Crippen LogP) is 0.957. The van der Waals surface area contributed by atoms with Gasteiger partial charge >= 0.3 is 0 Å². The highest BCUT2D eigenvalue weighted by Gasteiger charge is 2.23. The second kappa shape index (κ2) is 4.66. The molecule has 1 aromatic rings. The van der Waals surface area contributed by atoms with Gasteiger partial charge in [-0.05, 0) is 24.1 Å². The minimum absolute atomic E-state index is 0.268. The summed E-state index contributed by atoms with van der Waals surface area (Å²) >= 11 is 0. The first-order valence-corrected chi connectivity index (χ1v) is 6.20. The highest BCUT2D eigenvalue weighted by atomic mass is 16.7. The van der Waals surface area contributed by atoms with Crippen LogP contribution in [0.1, 0.15) is 12.0 Å². The van der Waals surface area contributed by atoms with E-state index in [1.165, 1.54) is 5.56 Å². The molecule has 1 aromatic carbocycles. The van der Waals surface area contributed by atoms with E-state index in [4.69, 9.17) is 19.9 Å². The van der Waals surface area contributed by atoms with Gasteiger partial charge < -0.3 is 19.9 Å². The number of ether oxygens (including phenoxy) is 3. The summed E-state index contributed by atoms with van der Waals surface area (Å²) in [6.45, 7) is 3.15. The third-order valence-corrected chi connectivity index (χ3v) is 3.43. The zero-order valence-electron chi connectivity index (χ0n) is 10.5. The molecule has 18 heavy (non-hydrogen) atoms. The number of nitrogens with zero attached hydrogens (tertiary/aromatic N) is 1. The number of hydrogen-bond donors (Lipinski definition) is 1. The Labute approximate surface area is 106 Å². The third-order valence-electron chi connectivity index (χ3n) is 3.43. The smallest absolute Gasteiger partial charge is 0.231 e. The molecule has 2 N–H and O–H groups in total. The van der Waals surface area contributed by atoms with Crippen LogP contribution < -0.4 is 19.9 Å². The minimum atomic E-state index is 0.268. The molecule has 0 spiro atoms. The molecule has 2 aliphatic heterocycles. The van der Waals surface area contributed by atoms with Crippen LogP contribution in [-0.4, -0.2) is 37.9 Å². The van der Waals surface area contributed by atoms with Gasteiger partial charge in [0.05, 0.1) is 7.11 Å². The van der Waals surface area contributed by atoms with Gasteiger partial charge in [0.15, 0.2) is 11.5 Å². The molecule has 98 valence electrons. The molecule has 2 heterocycles. The number of hydrogen-bond acceptors (Lipinski definition) is 5. The average Bonchev–Trinajstić information content (AvgIpc) is 2.97. The summed E-state index contributed by atoms with van der Waals surface area (Å²) in [6, 6.07) is 4.34. The zero-order chi connectivity index (χ0) is 12.5. The molecule has 5 nitrogen and oxygen atoms in total. The van der Waals surface area contributed by atoms with Crippen LogP contribution in [0, 0.1) is 0 Å². The van der Waals surface area contributed by atoms with E-state index in [1.54, 1.807) is 7.11 Å². The van der Waals surface area contributed by atoms with Crippen molar-refractivity contribution in [1.29, 1.82) is 0 Å². The summed E-state index contributed by atoms with van der Waals surface area (Å²) in [6.07, 6.45) is 1.07. The van der Waals surface area contributed by atoms with Gasteiger partial charge in [0.2, 0.25) is 12.5 Å². The molecule has 2 aliphatic rings. The Morgan fingerprint density at radius 1 is 1.44 bits per heavy atom. The van der Waals surface area contributed by atoms with Crippen LogP contribution in [0.5, 0.6) is 17.2 Å². The Bertz CT molecular complexity index is 450. The quantitative estimate of drug-likeness (QED) is 0.865. The van der Waals surface area contributed by atoms with Gasteiger partial charge in [0.1, 0.15) is 0 Å². The Morgan fingerprint density at radius 2 is 2.33 bits per heavy atom. The van der Waals surface area contributed by atoms with Crippen LogP contribution in [0.25, 0.3) is 0 Å². The summed E-state index contributed by atoms with van der Waals surface area (Å²) in [5.41, 5.74) is 7.09. The summed E-state index contributed by atoms with van der Waals surface area (Å²) < 4.78 is 16.1. The minimum Gasteiger partial charge on any atom is -0.493 e. The topological polar surface area (TPSA) is 57.0 Å². The number of likely N-dealkylation sites (tertiary alicyclic amines) is 1. The Hall–Kier alpha value is -1.46. The molecule has 1 fully saturated rings. The van der Waals surface area contributed by atoms with Crippen LogP contribution in [0.3, 0.4) is 0 Å². The van der Waals surface area contributed by atoms with Crippen LogP contribution in [0.15, 0.2) is 12.1 Å². The lowest BCUT2D eigenvalue weighted by Crippen LogP contribution is -2.26. The van der Waals surface area contributed by atoms with Crippen LogP contribution in [0.2, 0.25) is 0 Å². The highest BCUT2D eigenvalue weighted by Crippen LogP contribution is 2.42. The lowest BCUT2D eigenvalue weighted by Gasteiger charge is -2.16. The first-order valence-electron chi connectivity index (χ1n) is 6.20.